The monoisotopic (exact) mass is 268 g/mol. The number of carbonyl (C=O) groups excluding carboxylic acids is 1. The molecule has 0 aliphatic heterocycles. The molecule has 4 heteroatoms. The minimum Gasteiger partial charge on any atom is -0.314 e. The molecule has 1 aromatic heterocycles. The third-order valence-electron chi connectivity index (χ3n) is 2.76. The molecule has 1 heterocycles. The van der Waals surface area contributed by atoms with Gasteiger partial charge >= 0.3 is 0 Å². The van der Waals surface area contributed by atoms with Gasteiger partial charge in [-0.25, -0.2) is 4.98 Å². The minimum atomic E-state index is 0.0643. The number of hydrogen-bond donors (Lipinski definition) is 1. The van der Waals surface area contributed by atoms with Crippen LogP contribution in [0.15, 0.2) is 5.38 Å². The van der Waals surface area contributed by atoms with Crippen molar-refractivity contribution in [2.75, 3.05) is 6.54 Å². The molecule has 0 spiro atoms. The maximum absolute atomic E-state index is 11.9. The van der Waals surface area contributed by atoms with Crippen LogP contribution in [0.2, 0.25) is 0 Å². The van der Waals surface area contributed by atoms with Gasteiger partial charge in [0.2, 0.25) is 0 Å². The van der Waals surface area contributed by atoms with E-state index in [-0.39, 0.29) is 17.2 Å². The van der Waals surface area contributed by atoms with Gasteiger partial charge in [0, 0.05) is 23.3 Å². The molecule has 0 saturated heterocycles. The fourth-order valence-electron chi connectivity index (χ4n) is 1.74. The molecular weight excluding hydrogens is 244 g/mol. The molecule has 1 aromatic rings. The van der Waals surface area contributed by atoms with Crippen molar-refractivity contribution in [1.82, 2.24) is 10.3 Å². The average molecular weight is 268 g/mol. The Labute approximate surface area is 114 Å². The summed E-state index contributed by atoms with van der Waals surface area (Å²) in [5, 5.41) is 6.26. The molecule has 1 atom stereocenters. The molecule has 0 radical (unpaired) electrons. The van der Waals surface area contributed by atoms with E-state index in [1.54, 1.807) is 11.3 Å². The quantitative estimate of drug-likeness (QED) is 0.862. The predicted molar refractivity (Wildman–Crippen MR) is 77.3 cm³/mol. The number of carbonyl (C=O) groups is 1. The lowest BCUT2D eigenvalue weighted by Crippen LogP contribution is -2.28. The second kappa shape index (κ2) is 6.43. The van der Waals surface area contributed by atoms with Crippen LogP contribution in [0.3, 0.4) is 0 Å². The highest BCUT2D eigenvalue weighted by atomic mass is 32.1. The van der Waals surface area contributed by atoms with E-state index in [0.717, 1.165) is 17.2 Å². The first-order chi connectivity index (χ1) is 8.32. The van der Waals surface area contributed by atoms with E-state index in [1.807, 2.05) is 6.92 Å². The highest BCUT2D eigenvalue weighted by Gasteiger charge is 2.18. The Hall–Kier alpha value is -0.740. The first kappa shape index (κ1) is 15.3. The molecule has 1 rings (SSSR count). The Morgan fingerprint density at radius 3 is 2.67 bits per heavy atom. The molecule has 0 fully saturated rings. The number of rotatable bonds is 6. The third-order valence-corrected chi connectivity index (χ3v) is 3.60. The summed E-state index contributed by atoms with van der Waals surface area (Å²) < 4.78 is 0. The number of aromatic nitrogens is 1. The van der Waals surface area contributed by atoms with E-state index >= 15 is 0 Å². The van der Waals surface area contributed by atoms with Gasteiger partial charge in [-0.05, 0) is 13.5 Å². The summed E-state index contributed by atoms with van der Waals surface area (Å²) in [6, 6.07) is 0.254. The molecule has 1 unspecified atom stereocenters. The standard InChI is InChI=1S/C14H24N2OS/c1-6-15-10(2)7-11(17)8-13-16-12(9-18-13)14(3,4)5/h9-10,15H,6-8H2,1-5H3. The van der Waals surface area contributed by atoms with Crippen molar-refractivity contribution in [3.05, 3.63) is 16.1 Å². The first-order valence-corrected chi connectivity index (χ1v) is 7.41. The Morgan fingerprint density at radius 2 is 2.17 bits per heavy atom. The van der Waals surface area contributed by atoms with Crippen LogP contribution in [0.1, 0.15) is 51.7 Å². The molecule has 0 bridgehead atoms. The van der Waals surface area contributed by atoms with Crippen LogP contribution >= 0.6 is 11.3 Å². The van der Waals surface area contributed by atoms with Gasteiger partial charge in [-0.15, -0.1) is 11.3 Å². The van der Waals surface area contributed by atoms with Crippen LogP contribution in [0.5, 0.6) is 0 Å². The lowest BCUT2D eigenvalue weighted by molar-refractivity contribution is -0.118. The van der Waals surface area contributed by atoms with Crippen molar-refractivity contribution in [1.29, 1.82) is 0 Å². The molecule has 102 valence electrons. The Bertz CT molecular complexity index is 393. The number of thiazole rings is 1. The SMILES string of the molecule is CCNC(C)CC(=O)Cc1nc(C(C)(C)C)cs1. The summed E-state index contributed by atoms with van der Waals surface area (Å²) in [5.41, 5.74) is 1.14. The summed E-state index contributed by atoms with van der Waals surface area (Å²) >= 11 is 1.59. The zero-order valence-electron chi connectivity index (χ0n) is 12.0. The highest BCUT2D eigenvalue weighted by molar-refractivity contribution is 7.09. The molecule has 0 aliphatic carbocycles. The maximum Gasteiger partial charge on any atom is 0.141 e. The van der Waals surface area contributed by atoms with Crippen LogP contribution in [-0.2, 0) is 16.6 Å². The van der Waals surface area contributed by atoms with Crippen molar-refractivity contribution in [3.8, 4) is 0 Å². The highest BCUT2D eigenvalue weighted by Crippen LogP contribution is 2.24. The van der Waals surface area contributed by atoms with Crippen molar-refractivity contribution in [3.63, 3.8) is 0 Å². The Morgan fingerprint density at radius 1 is 1.50 bits per heavy atom. The number of nitrogens with zero attached hydrogens (tertiary/aromatic N) is 1. The van der Waals surface area contributed by atoms with Crippen molar-refractivity contribution < 1.29 is 4.79 Å². The summed E-state index contributed by atoms with van der Waals surface area (Å²) in [5.74, 6) is 0.262. The van der Waals surface area contributed by atoms with Crippen LogP contribution < -0.4 is 5.32 Å². The van der Waals surface area contributed by atoms with E-state index in [2.05, 4.69) is 43.4 Å². The normalized spacial score (nSPS) is 13.6. The summed E-state index contributed by atoms with van der Waals surface area (Å²) in [6.07, 6.45) is 1.05. The second-order valence-corrected chi connectivity index (χ2v) is 6.70. The van der Waals surface area contributed by atoms with Gasteiger partial charge in [-0.2, -0.15) is 0 Å². The van der Waals surface area contributed by atoms with Gasteiger partial charge in [0.1, 0.15) is 10.8 Å². The second-order valence-electron chi connectivity index (χ2n) is 5.75. The van der Waals surface area contributed by atoms with Gasteiger partial charge in [-0.1, -0.05) is 27.7 Å². The maximum atomic E-state index is 11.9. The van der Waals surface area contributed by atoms with Crippen molar-refractivity contribution in [2.45, 2.75) is 58.9 Å². The molecule has 0 aromatic carbocycles. The van der Waals surface area contributed by atoms with Crippen LogP contribution in [0.4, 0.5) is 0 Å². The number of ketones is 1. The average Bonchev–Trinajstić information content (AvgIpc) is 2.65. The van der Waals surface area contributed by atoms with E-state index in [0.29, 0.717) is 12.8 Å². The van der Waals surface area contributed by atoms with Gasteiger partial charge in [0.25, 0.3) is 0 Å². The summed E-state index contributed by atoms with van der Waals surface area (Å²) in [4.78, 5) is 16.4. The lowest BCUT2D eigenvalue weighted by atomic mass is 9.93. The summed E-state index contributed by atoms with van der Waals surface area (Å²) in [6.45, 7) is 11.4. The Kier molecular flexibility index (Phi) is 5.47. The minimum absolute atomic E-state index is 0.0643. The third kappa shape index (κ3) is 4.86. The molecule has 0 saturated carbocycles. The molecule has 1 N–H and O–H groups in total. The smallest absolute Gasteiger partial charge is 0.141 e. The fraction of sp³-hybridized carbons (Fsp3) is 0.714. The molecule has 0 amide bonds. The number of Topliss-reactive ketones (excluding diaryl/α,β-unsaturated/α-hetero) is 1. The van der Waals surface area contributed by atoms with Gasteiger partial charge in [-0.3, -0.25) is 4.79 Å². The molecule has 0 aliphatic rings. The number of hydrogen-bond acceptors (Lipinski definition) is 4. The molecular formula is C14H24N2OS. The van der Waals surface area contributed by atoms with E-state index in [1.165, 1.54) is 0 Å². The van der Waals surface area contributed by atoms with Crippen LogP contribution in [-0.4, -0.2) is 23.4 Å². The topological polar surface area (TPSA) is 42.0 Å². The Balaban J connectivity index is 2.52. The van der Waals surface area contributed by atoms with E-state index < -0.39 is 0 Å². The van der Waals surface area contributed by atoms with Crippen molar-refractivity contribution >= 4 is 17.1 Å². The first-order valence-electron chi connectivity index (χ1n) is 6.53. The van der Waals surface area contributed by atoms with E-state index in [9.17, 15) is 4.79 Å². The summed E-state index contributed by atoms with van der Waals surface area (Å²) in [7, 11) is 0. The van der Waals surface area contributed by atoms with Gasteiger partial charge in [0.15, 0.2) is 0 Å². The van der Waals surface area contributed by atoms with Gasteiger partial charge < -0.3 is 5.32 Å². The van der Waals surface area contributed by atoms with Crippen LogP contribution in [0.25, 0.3) is 0 Å². The van der Waals surface area contributed by atoms with Crippen LogP contribution in [0, 0.1) is 0 Å². The van der Waals surface area contributed by atoms with Gasteiger partial charge in [0.05, 0.1) is 12.1 Å². The largest absolute Gasteiger partial charge is 0.314 e. The fourth-order valence-corrected chi connectivity index (χ4v) is 2.79. The lowest BCUT2D eigenvalue weighted by Gasteiger charge is -2.14. The predicted octanol–water partition coefficient (Wildman–Crippen LogP) is 2.94. The zero-order chi connectivity index (χ0) is 13.8. The zero-order valence-corrected chi connectivity index (χ0v) is 12.9. The van der Waals surface area contributed by atoms with Crippen molar-refractivity contribution in [2.24, 2.45) is 0 Å². The molecule has 18 heavy (non-hydrogen) atoms. The van der Waals surface area contributed by atoms with E-state index in [4.69, 9.17) is 0 Å². The molecule has 3 nitrogen and oxygen atoms in total. The number of nitrogens with one attached hydrogen (secondary N) is 1.